The number of anilines is 1. The van der Waals surface area contributed by atoms with E-state index in [2.05, 4.69) is 5.32 Å². The fourth-order valence-corrected chi connectivity index (χ4v) is 1.54. The highest BCUT2D eigenvalue weighted by atomic mass is 33.1. The number of amides is 1. The first kappa shape index (κ1) is 9.28. The Hall–Kier alpha value is -0.810. The van der Waals surface area contributed by atoms with Crippen molar-refractivity contribution in [1.82, 2.24) is 0 Å². The van der Waals surface area contributed by atoms with E-state index in [1.54, 1.807) is 18.2 Å². The van der Waals surface area contributed by atoms with Crippen molar-refractivity contribution in [3.63, 3.8) is 0 Å². The van der Waals surface area contributed by atoms with Gasteiger partial charge in [-0.2, -0.15) is 0 Å². The van der Waals surface area contributed by atoms with Crippen molar-refractivity contribution in [2.45, 2.75) is 4.90 Å². The third-order valence-electron chi connectivity index (χ3n) is 1.22. The molecule has 0 saturated heterocycles. The zero-order valence-electron chi connectivity index (χ0n) is 5.98. The maximum absolute atomic E-state index is 10.3. The predicted molar refractivity (Wildman–Crippen MR) is 51.5 cm³/mol. The quantitative estimate of drug-likeness (QED) is 0.721. The fourth-order valence-electron chi connectivity index (χ4n) is 0.758. The summed E-state index contributed by atoms with van der Waals surface area (Å²) in [5.41, 5.74) is 0.532. The Balaban J connectivity index is 2.89. The summed E-state index contributed by atoms with van der Waals surface area (Å²) in [5, 5.41) is 10.7. The molecule has 0 bridgehead atoms. The number of hydrogen-bond donors (Lipinski definition) is 2. The van der Waals surface area contributed by atoms with E-state index in [0.717, 1.165) is 15.7 Å². The van der Waals surface area contributed by atoms with Crippen LogP contribution in [0.15, 0.2) is 29.2 Å². The lowest BCUT2D eigenvalue weighted by molar-refractivity contribution is 0.209. The first-order valence-corrected chi connectivity index (χ1v) is 4.87. The number of nitrogens with one attached hydrogen (secondary N) is 1. The highest BCUT2D eigenvalue weighted by Gasteiger charge is 2.02. The zero-order chi connectivity index (χ0) is 8.97. The monoisotopic (exact) mass is 200 g/mol. The molecular weight excluding hydrogens is 194 g/mol. The Morgan fingerprint density at radius 1 is 1.50 bits per heavy atom. The highest BCUT2D eigenvalue weighted by molar-refractivity contribution is 8.68. The van der Waals surface area contributed by atoms with Crippen LogP contribution in [0.2, 0.25) is 0 Å². The molecule has 0 saturated carbocycles. The van der Waals surface area contributed by atoms with Gasteiger partial charge in [-0.05, 0) is 34.6 Å². The van der Waals surface area contributed by atoms with Gasteiger partial charge < -0.3 is 5.11 Å². The van der Waals surface area contributed by atoms with Crippen LogP contribution in [0.3, 0.4) is 0 Å². The molecule has 3 nitrogen and oxygen atoms in total. The molecule has 1 radical (unpaired) electrons. The van der Waals surface area contributed by atoms with Gasteiger partial charge in [-0.15, -0.1) is 0 Å². The van der Waals surface area contributed by atoms with Crippen molar-refractivity contribution in [2.24, 2.45) is 0 Å². The summed E-state index contributed by atoms with van der Waals surface area (Å²) >= 11 is 4.74. The van der Waals surface area contributed by atoms with E-state index in [1.165, 1.54) is 0 Å². The normalized spacial score (nSPS) is 9.42. The summed E-state index contributed by atoms with van der Waals surface area (Å²) in [7, 11) is 1.09. The molecule has 0 spiro atoms. The molecule has 0 aromatic heterocycles. The van der Waals surface area contributed by atoms with Gasteiger partial charge in [0, 0.05) is 4.90 Å². The Labute approximate surface area is 79.0 Å². The van der Waals surface area contributed by atoms with Crippen molar-refractivity contribution < 1.29 is 9.90 Å². The Bertz CT molecular complexity index is 290. The standard InChI is InChI=1S/C7H6NO2S2/c9-7(10)8-5-3-1-2-4-6(5)12-11/h1-4,8H,(H,9,10). The van der Waals surface area contributed by atoms with Crippen LogP contribution in [0.25, 0.3) is 0 Å². The van der Waals surface area contributed by atoms with Gasteiger partial charge in [0.05, 0.1) is 5.69 Å². The lowest BCUT2D eigenvalue weighted by Crippen LogP contribution is -2.07. The van der Waals surface area contributed by atoms with E-state index in [1.807, 2.05) is 6.07 Å². The van der Waals surface area contributed by atoms with Gasteiger partial charge in [0.2, 0.25) is 0 Å². The highest BCUT2D eigenvalue weighted by Crippen LogP contribution is 2.28. The van der Waals surface area contributed by atoms with E-state index in [9.17, 15) is 4.79 Å². The summed E-state index contributed by atoms with van der Waals surface area (Å²) in [4.78, 5) is 11.0. The number of carbonyl (C=O) groups is 1. The average Bonchev–Trinajstić information content (AvgIpc) is 2.04. The maximum atomic E-state index is 10.3. The van der Waals surface area contributed by atoms with E-state index >= 15 is 0 Å². The van der Waals surface area contributed by atoms with Gasteiger partial charge >= 0.3 is 6.09 Å². The van der Waals surface area contributed by atoms with Crippen molar-refractivity contribution in [3.05, 3.63) is 24.3 Å². The average molecular weight is 200 g/mol. The lowest BCUT2D eigenvalue weighted by Gasteiger charge is -2.03. The molecular formula is C7H6NO2S2. The molecule has 0 aliphatic heterocycles. The minimum atomic E-state index is -1.08. The Kier molecular flexibility index (Phi) is 3.31. The van der Waals surface area contributed by atoms with Crippen molar-refractivity contribution in [1.29, 1.82) is 0 Å². The zero-order valence-corrected chi connectivity index (χ0v) is 7.61. The van der Waals surface area contributed by atoms with Crippen LogP contribution in [-0.2, 0) is 0 Å². The fraction of sp³-hybridized carbons (Fsp3) is 0. The molecule has 63 valence electrons. The summed E-state index contributed by atoms with van der Waals surface area (Å²) in [6.45, 7) is 0. The molecule has 0 unspecified atom stereocenters. The van der Waals surface area contributed by atoms with Gasteiger partial charge in [0.25, 0.3) is 0 Å². The largest absolute Gasteiger partial charge is 0.465 e. The molecule has 1 aromatic carbocycles. The van der Waals surface area contributed by atoms with E-state index < -0.39 is 6.09 Å². The number of para-hydroxylation sites is 1. The Morgan fingerprint density at radius 2 is 2.17 bits per heavy atom. The summed E-state index contributed by atoms with van der Waals surface area (Å²) in [6, 6.07) is 6.99. The smallest absolute Gasteiger partial charge is 0.409 e. The first-order chi connectivity index (χ1) is 5.74. The number of carboxylic acid groups (broad SMARTS) is 1. The number of hydrogen-bond acceptors (Lipinski definition) is 2. The summed E-state index contributed by atoms with van der Waals surface area (Å²) < 4.78 is 0. The molecule has 1 rings (SSSR count). The van der Waals surface area contributed by atoms with Crippen LogP contribution >= 0.6 is 22.5 Å². The second-order valence-corrected chi connectivity index (χ2v) is 3.12. The van der Waals surface area contributed by atoms with Crippen molar-refractivity contribution in [2.75, 3.05) is 5.32 Å². The van der Waals surface area contributed by atoms with Gasteiger partial charge in [0.15, 0.2) is 0 Å². The summed E-state index contributed by atoms with van der Waals surface area (Å²) in [5.74, 6) is 0. The molecule has 0 atom stereocenters. The van der Waals surface area contributed by atoms with Crippen LogP contribution in [-0.4, -0.2) is 11.2 Å². The predicted octanol–water partition coefficient (Wildman–Crippen LogP) is 2.98. The van der Waals surface area contributed by atoms with E-state index in [-0.39, 0.29) is 0 Å². The molecule has 5 heteroatoms. The lowest BCUT2D eigenvalue weighted by atomic mass is 10.3. The number of rotatable bonds is 2. The molecule has 0 fully saturated rings. The third-order valence-corrected chi connectivity index (χ3v) is 2.29. The van der Waals surface area contributed by atoms with Gasteiger partial charge in [0.1, 0.15) is 0 Å². The third kappa shape index (κ3) is 2.35. The topological polar surface area (TPSA) is 49.3 Å². The van der Waals surface area contributed by atoms with Gasteiger partial charge in [-0.25, -0.2) is 4.79 Å². The Morgan fingerprint density at radius 3 is 2.75 bits per heavy atom. The minimum Gasteiger partial charge on any atom is -0.465 e. The van der Waals surface area contributed by atoms with Crippen LogP contribution < -0.4 is 5.32 Å². The van der Waals surface area contributed by atoms with Crippen LogP contribution in [0.4, 0.5) is 10.5 Å². The van der Waals surface area contributed by atoms with E-state index in [4.69, 9.17) is 16.8 Å². The van der Waals surface area contributed by atoms with Crippen LogP contribution in [0.5, 0.6) is 0 Å². The SMILES string of the molecule is O=C(O)Nc1ccccc1S[S]. The second kappa shape index (κ2) is 4.27. The minimum absolute atomic E-state index is 0.532. The molecule has 0 heterocycles. The number of benzene rings is 1. The molecule has 1 amide bonds. The van der Waals surface area contributed by atoms with Crippen molar-refractivity contribution in [3.8, 4) is 0 Å². The van der Waals surface area contributed by atoms with Crippen molar-refractivity contribution >= 4 is 34.2 Å². The summed E-state index contributed by atoms with van der Waals surface area (Å²) in [6.07, 6.45) is -1.08. The molecule has 0 aliphatic carbocycles. The molecule has 1 aromatic rings. The van der Waals surface area contributed by atoms with Gasteiger partial charge in [-0.1, -0.05) is 12.1 Å². The van der Waals surface area contributed by atoms with Gasteiger partial charge in [-0.3, -0.25) is 5.32 Å². The first-order valence-electron chi connectivity index (χ1n) is 3.13. The molecule has 12 heavy (non-hydrogen) atoms. The van der Waals surface area contributed by atoms with E-state index in [0.29, 0.717) is 5.69 Å². The maximum Gasteiger partial charge on any atom is 0.409 e. The molecule has 2 N–H and O–H groups in total. The van der Waals surface area contributed by atoms with Crippen LogP contribution in [0, 0.1) is 0 Å². The molecule has 0 aliphatic rings. The van der Waals surface area contributed by atoms with Crippen LogP contribution in [0.1, 0.15) is 0 Å². The second-order valence-electron chi connectivity index (χ2n) is 2.01.